The Morgan fingerprint density at radius 1 is 1.23 bits per heavy atom. The normalized spacial score (nSPS) is 15.2. The van der Waals surface area contributed by atoms with E-state index in [1.165, 1.54) is 6.21 Å². The van der Waals surface area contributed by atoms with Crippen molar-refractivity contribution >= 4 is 28.7 Å². The third kappa shape index (κ3) is 5.07. The molecule has 0 spiro atoms. The van der Waals surface area contributed by atoms with Gasteiger partial charge in [-0.05, 0) is 86.4 Å². The van der Waals surface area contributed by atoms with Crippen LogP contribution in [0.4, 0.5) is 0 Å². The molecule has 2 N–H and O–H groups in total. The molecule has 4 aromatic rings. The third-order valence-corrected chi connectivity index (χ3v) is 6.78. The van der Waals surface area contributed by atoms with Crippen molar-refractivity contribution in [3.05, 3.63) is 71.6 Å². The highest BCUT2D eigenvalue weighted by molar-refractivity contribution is 6.01. The number of pyridine rings is 1. The maximum absolute atomic E-state index is 12.7. The number of aromatic nitrogens is 3. The van der Waals surface area contributed by atoms with Gasteiger partial charge in [0.25, 0.3) is 0 Å². The fraction of sp³-hybridized carbons (Fsp3) is 0.290. The zero-order valence-corrected chi connectivity index (χ0v) is 22.8. The Morgan fingerprint density at radius 2 is 2.03 bits per heavy atom. The lowest BCUT2D eigenvalue weighted by Crippen LogP contribution is -2.28. The first kappa shape index (κ1) is 26.3. The van der Waals surface area contributed by atoms with Crippen LogP contribution in [0, 0.1) is 12.3 Å². The van der Waals surface area contributed by atoms with E-state index in [1.807, 2.05) is 81.9 Å². The molecule has 3 heterocycles. The lowest BCUT2D eigenvalue weighted by atomic mass is 9.86. The number of rotatable bonds is 6. The summed E-state index contributed by atoms with van der Waals surface area (Å²) in [5.74, 6) is 0.427. The van der Waals surface area contributed by atoms with E-state index in [9.17, 15) is 9.90 Å². The lowest BCUT2D eigenvalue weighted by molar-refractivity contribution is -0.160. The fourth-order valence-corrected chi connectivity index (χ4v) is 5.14. The van der Waals surface area contributed by atoms with Crippen molar-refractivity contribution < 1.29 is 19.4 Å². The average Bonchev–Trinajstić information content (AvgIpc) is 3.31. The topological polar surface area (TPSA) is 110 Å². The van der Waals surface area contributed by atoms with E-state index in [2.05, 4.69) is 4.98 Å². The highest BCUT2D eigenvalue weighted by Crippen LogP contribution is 2.43. The van der Waals surface area contributed by atoms with Crippen molar-refractivity contribution in [3.8, 4) is 28.4 Å². The van der Waals surface area contributed by atoms with E-state index >= 15 is 0 Å². The molecule has 8 heteroatoms. The minimum Gasteiger partial charge on any atom is -0.493 e. The second-order valence-electron chi connectivity index (χ2n) is 10.7. The number of carbonyl (C=O) groups is 1. The van der Waals surface area contributed by atoms with Gasteiger partial charge < -0.3 is 24.6 Å². The highest BCUT2D eigenvalue weighted by atomic mass is 16.5. The van der Waals surface area contributed by atoms with Crippen LogP contribution in [0.3, 0.4) is 0 Å². The average molecular weight is 525 g/mol. The highest BCUT2D eigenvalue weighted by Gasteiger charge is 2.32. The molecule has 5 rings (SSSR count). The zero-order chi connectivity index (χ0) is 27.9. The number of hydrogen-bond donors (Lipinski definition) is 2. The molecule has 0 bridgehead atoms. The van der Waals surface area contributed by atoms with Gasteiger partial charge in [0.1, 0.15) is 11.4 Å². The Hall–Kier alpha value is -4.30. The van der Waals surface area contributed by atoms with Crippen LogP contribution in [0.25, 0.3) is 39.1 Å². The predicted octanol–water partition coefficient (Wildman–Crippen LogP) is 6.37. The van der Waals surface area contributed by atoms with E-state index in [1.54, 1.807) is 12.3 Å². The first-order valence-electron chi connectivity index (χ1n) is 12.9. The van der Waals surface area contributed by atoms with E-state index in [4.69, 9.17) is 19.9 Å². The molecule has 0 radical (unpaired) electrons. The van der Waals surface area contributed by atoms with Gasteiger partial charge in [-0.3, -0.25) is 0 Å². The summed E-state index contributed by atoms with van der Waals surface area (Å²) in [6.07, 6.45) is 6.16. The van der Waals surface area contributed by atoms with Gasteiger partial charge >= 0.3 is 5.97 Å². The molecule has 200 valence electrons. The summed E-state index contributed by atoms with van der Waals surface area (Å²) in [4.78, 5) is 22.0. The summed E-state index contributed by atoms with van der Waals surface area (Å²) < 4.78 is 14.0. The molecule has 0 aliphatic carbocycles. The Bertz CT molecular complexity index is 1630. The number of ether oxygens (including phenoxy) is 2. The van der Waals surface area contributed by atoms with Gasteiger partial charge in [-0.25, -0.2) is 14.8 Å². The number of benzene rings is 2. The number of allylic oxidation sites excluding steroid dienone is 1. The monoisotopic (exact) mass is 524 g/mol. The molecule has 1 atom stereocenters. The van der Waals surface area contributed by atoms with E-state index < -0.39 is 17.7 Å². The smallest absolute Gasteiger partial charge is 0.337 e. The maximum Gasteiger partial charge on any atom is 0.337 e. The zero-order valence-electron chi connectivity index (χ0n) is 22.8. The number of aliphatic carboxylic acids is 1. The molecule has 39 heavy (non-hydrogen) atoms. The van der Waals surface area contributed by atoms with Crippen LogP contribution in [-0.4, -0.2) is 44.0 Å². The fourth-order valence-electron chi connectivity index (χ4n) is 5.14. The molecule has 0 saturated carbocycles. The maximum atomic E-state index is 12.7. The molecule has 2 aromatic heterocycles. The molecular formula is C31H32N4O4. The van der Waals surface area contributed by atoms with Crippen LogP contribution in [0.2, 0.25) is 0 Å². The third-order valence-electron chi connectivity index (χ3n) is 6.78. The first-order chi connectivity index (χ1) is 18.6. The Kier molecular flexibility index (Phi) is 6.82. The van der Waals surface area contributed by atoms with Gasteiger partial charge in [0.15, 0.2) is 11.9 Å². The van der Waals surface area contributed by atoms with Crippen LogP contribution in [-0.2, 0) is 16.6 Å². The number of imidazole rings is 1. The predicted molar refractivity (Wildman–Crippen MR) is 152 cm³/mol. The van der Waals surface area contributed by atoms with Gasteiger partial charge in [-0.2, -0.15) is 0 Å². The molecule has 0 fully saturated rings. The van der Waals surface area contributed by atoms with Crippen LogP contribution in [0.1, 0.15) is 50.0 Å². The van der Waals surface area contributed by atoms with Gasteiger partial charge in [0.05, 0.1) is 17.7 Å². The first-order valence-corrected chi connectivity index (χ1v) is 12.9. The second-order valence-corrected chi connectivity index (χ2v) is 10.7. The van der Waals surface area contributed by atoms with Crippen molar-refractivity contribution in [2.24, 2.45) is 7.05 Å². The molecule has 2 aromatic carbocycles. The van der Waals surface area contributed by atoms with Gasteiger partial charge in [0, 0.05) is 48.6 Å². The van der Waals surface area contributed by atoms with Crippen LogP contribution >= 0.6 is 0 Å². The van der Waals surface area contributed by atoms with Crippen molar-refractivity contribution in [2.75, 3.05) is 6.61 Å². The number of fused-ring (bicyclic) bond motifs is 2. The largest absolute Gasteiger partial charge is 0.493 e. The van der Waals surface area contributed by atoms with E-state index in [-0.39, 0.29) is 0 Å². The van der Waals surface area contributed by atoms with Crippen molar-refractivity contribution in [1.29, 1.82) is 5.41 Å². The summed E-state index contributed by atoms with van der Waals surface area (Å²) in [5, 5.41) is 18.8. The summed E-state index contributed by atoms with van der Waals surface area (Å²) in [6.45, 7) is 8.00. The Labute approximate surface area is 227 Å². The van der Waals surface area contributed by atoms with Gasteiger partial charge in [0.2, 0.25) is 0 Å². The molecular weight excluding hydrogens is 492 g/mol. The van der Waals surface area contributed by atoms with Crippen molar-refractivity contribution in [1.82, 2.24) is 14.5 Å². The van der Waals surface area contributed by atoms with Crippen molar-refractivity contribution in [2.45, 2.75) is 45.8 Å². The van der Waals surface area contributed by atoms with Gasteiger partial charge in [-0.15, -0.1) is 0 Å². The number of carboxylic acids is 1. The number of aryl methyl sites for hydroxylation is 2. The molecule has 1 unspecified atom stereocenters. The molecule has 1 aliphatic heterocycles. The summed E-state index contributed by atoms with van der Waals surface area (Å²) in [5.41, 5.74) is 5.60. The quantitative estimate of drug-likeness (QED) is 0.284. The van der Waals surface area contributed by atoms with E-state index in [0.29, 0.717) is 18.6 Å². The van der Waals surface area contributed by atoms with Crippen LogP contribution in [0.15, 0.2) is 54.9 Å². The minimum atomic E-state index is -1.19. The number of carboxylic acid groups (broad SMARTS) is 1. The Balaban J connectivity index is 1.82. The lowest BCUT2D eigenvalue weighted by Gasteiger charge is -2.29. The number of hydrogen-bond acceptors (Lipinski definition) is 6. The molecule has 0 amide bonds. The standard InChI is InChI=1S/C31H32N4O4/c1-18-16-24-21(7-8-23(34-24)29-33-13-14-35(29)5)27(26(18)28(30(36)37)39-31(2,3)4)20-6-9-25-22(17-20)19(10-12-32)11-15-38-25/h6-10,12-14,16-17,28,32H,11,15H2,1-5H3,(H,36,37). The second kappa shape index (κ2) is 10.1. The van der Waals surface area contributed by atoms with Crippen LogP contribution < -0.4 is 4.74 Å². The summed E-state index contributed by atoms with van der Waals surface area (Å²) in [7, 11) is 1.92. The number of nitrogens with zero attached hydrogens (tertiary/aromatic N) is 3. The Morgan fingerprint density at radius 3 is 2.69 bits per heavy atom. The minimum absolute atomic E-state index is 0.547. The van der Waals surface area contributed by atoms with E-state index in [0.717, 1.165) is 56.0 Å². The van der Waals surface area contributed by atoms with Crippen molar-refractivity contribution in [3.63, 3.8) is 0 Å². The molecule has 8 nitrogen and oxygen atoms in total. The number of nitrogens with one attached hydrogen (secondary N) is 1. The molecule has 1 aliphatic rings. The summed E-state index contributed by atoms with van der Waals surface area (Å²) in [6, 6.07) is 11.7. The molecule has 0 saturated heterocycles. The van der Waals surface area contributed by atoms with Gasteiger partial charge in [-0.1, -0.05) is 6.07 Å². The van der Waals surface area contributed by atoms with Crippen LogP contribution in [0.5, 0.6) is 5.75 Å². The summed E-state index contributed by atoms with van der Waals surface area (Å²) >= 11 is 0. The SMILES string of the molecule is Cc1cc2nc(-c3nccn3C)ccc2c(-c2ccc3c(c2)C(=CC=N)CCO3)c1C(OC(C)(C)C)C(=O)O.